The Bertz CT molecular complexity index is 828. The van der Waals surface area contributed by atoms with E-state index in [4.69, 9.17) is 0 Å². The Morgan fingerprint density at radius 1 is 1.11 bits per heavy atom. The van der Waals surface area contributed by atoms with Crippen LogP contribution in [-0.4, -0.2) is 36.2 Å². The summed E-state index contributed by atoms with van der Waals surface area (Å²) in [7, 11) is 0. The second kappa shape index (κ2) is 9.38. The van der Waals surface area contributed by atoms with Crippen molar-refractivity contribution in [2.75, 3.05) is 23.3 Å². The minimum Gasteiger partial charge on any atom is -0.507 e. The number of hydrogen-bond acceptors (Lipinski definition) is 5. The minimum atomic E-state index is -0.389. The molecule has 2 aromatic carbocycles. The topological polar surface area (TPSA) is 94.0 Å². The molecule has 0 aliphatic heterocycles. The third-order valence-electron chi connectivity index (χ3n) is 3.98. The zero-order valence-corrected chi connectivity index (χ0v) is 15.7. The van der Waals surface area contributed by atoms with Crippen molar-refractivity contribution in [3.8, 4) is 5.75 Å². The highest BCUT2D eigenvalue weighted by atomic mass is 16.3. The number of rotatable bonds is 7. The van der Waals surface area contributed by atoms with E-state index in [1.807, 2.05) is 19.9 Å². The van der Waals surface area contributed by atoms with Crippen LogP contribution in [0.2, 0.25) is 0 Å². The lowest BCUT2D eigenvalue weighted by Crippen LogP contribution is -2.21. The molecule has 0 bridgehead atoms. The summed E-state index contributed by atoms with van der Waals surface area (Å²) in [5.41, 5.74) is 4.87. The van der Waals surface area contributed by atoms with E-state index in [2.05, 4.69) is 20.7 Å². The van der Waals surface area contributed by atoms with Crippen molar-refractivity contribution in [1.29, 1.82) is 0 Å². The zero-order valence-electron chi connectivity index (χ0n) is 15.7. The number of phenolic OH excluding ortho intramolecular Hbond substituents is 1. The number of carbonyl (C=O) groups is 2. The first-order chi connectivity index (χ1) is 12.9. The van der Waals surface area contributed by atoms with Crippen LogP contribution in [0.1, 0.15) is 36.7 Å². The molecule has 0 spiro atoms. The van der Waals surface area contributed by atoms with Crippen molar-refractivity contribution in [1.82, 2.24) is 5.43 Å². The number of carbonyl (C=O) groups excluding carboxylic acids is 2. The molecule has 27 heavy (non-hydrogen) atoms. The molecule has 3 N–H and O–H groups in total. The van der Waals surface area contributed by atoms with Crippen LogP contribution in [0.25, 0.3) is 0 Å². The minimum absolute atomic E-state index is 0.0945. The van der Waals surface area contributed by atoms with Crippen LogP contribution in [0.4, 0.5) is 11.4 Å². The molecule has 0 saturated carbocycles. The number of aromatic hydroxyl groups is 1. The number of anilines is 2. The first kappa shape index (κ1) is 20.0. The van der Waals surface area contributed by atoms with Gasteiger partial charge in [0.05, 0.1) is 6.21 Å². The lowest BCUT2D eigenvalue weighted by molar-refractivity contribution is -0.114. The fraction of sp³-hybridized carbons (Fsp3) is 0.250. The van der Waals surface area contributed by atoms with Crippen LogP contribution in [0, 0.1) is 0 Å². The van der Waals surface area contributed by atoms with E-state index in [0.717, 1.165) is 18.8 Å². The molecule has 0 aliphatic rings. The van der Waals surface area contributed by atoms with Gasteiger partial charge in [-0.2, -0.15) is 5.10 Å². The third kappa shape index (κ3) is 5.57. The van der Waals surface area contributed by atoms with E-state index < -0.39 is 0 Å². The van der Waals surface area contributed by atoms with E-state index >= 15 is 0 Å². The molecular weight excluding hydrogens is 344 g/mol. The van der Waals surface area contributed by atoms with Gasteiger partial charge in [0.2, 0.25) is 5.91 Å². The number of amides is 2. The second-order valence-electron chi connectivity index (χ2n) is 5.87. The Kier molecular flexibility index (Phi) is 6.93. The maximum atomic E-state index is 12.1. The van der Waals surface area contributed by atoms with Gasteiger partial charge < -0.3 is 15.3 Å². The summed E-state index contributed by atoms with van der Waals surface area (Å²) in [4.78, 5) is 25.2. The standard InChI is InChI=1S/C20H24N4O3/c1-4-24(5-2)18-11-8-16(19(26)12-18)13-21-23-20(27)15-6-9-17(10-7-15)22-14(3)25/h6-13,26H,4-5H2,1-3H3,(H,22,25)(H,23,27)/b21-13-. The molecule has 0 aliphatic carbocycles. The quantitative estimate of drug-likeness (QED) is 0.517. The molecule has 2 amide bonds. The van der Waals surface area contributed by atoms with Gasteiger partial charge >= 0.3 is 0 Å². The molecule has 2 rings (SSSR count). The lowest BCUT2D eigenvalue weighted by atomic mass is 10.2. The predicted octanol–water partition coefficient (Wildman–Crippen LogP) is 2.96. The Balaban J connectivity index is 2.00. The molecule has 0 saturated heterocycles. The van der Waals surface area contributed by atoms with Crippen molar-refractivity contribution in [2.45, 2.75) is 20.8 Å². The highest BCUT2D eigenvalue weighted by molar-refractivity contribution is 5.96. The Morgan fingerprint density at radius 2 is 1.78 bits per heavy atom. The van der Waals surface area contributed by atoms with Crippen LogP contribution in [0.3, 0.4) is 0 Å². The van der Waals surface area contributed by atoms with Gasteiger partial charge in [0, 0.05) is 48.6 Å². The molecule has 0 aromatic heterocycles. The molecule has 7 nitrogen and oxygen atoms in total. The van der Waals surface area contributed by atoms with Gasteiger partial charge in [0.1, 0.15) is 5.75 Å². The second-order valence-corrected chi connectivity index (χ2v) is 5.87. The van der Waals surface area contributed by atoms with E-state index in [1.54, 1.807) is 36.4 Å². The number of nitrogens with zero attached hydrogens (tertiary/aromatic N) is 2. The number of phenols is 1. The first-order valence-electron chi connectivity index (χ1n) is 8.73. The number of hydrogen-bond donors (Lipinski definition) is 3. The van der Waals surface area contributed by atoms with Crippen molar-refractivity contribution in [3.05, 3.63) is 53.6 Å². The van der Waals surface area contributed by atoms with Crippen LogP contribution in [0.5, 0.6) is 5.75 Å². The summed E-state index contributed by atoms with van der Waals surface area (Å²) in [5, 5.41) is 16.7. The average molecular weight is 368 g/mol. The summed E-state index contributed by atoms with van der Waals surface area (Å²) in [5.74, 6) is -0.472. The normalized spacial score (nSPS) is 10.6. The van der Waals surface area contributed by atoms with E-state index in [0.29, 0.717) is 16.8 Å². The molecule has 0 radical (unpaired) electrons. The smallest absolute Gasteiger partial charge is 0.271 e. The van der Waals surface area contributed by atoms with E-state index in [9.17, 15) is 14.7 Å². The first-order valence-corrected chi connectivity index (χ1v) is 8.73. The van der Waals surface area contributed by atoms with Crippen LogP contribution >= 0.6 is 0 Å². The summed E-state index contributed by atoms with van der Waals surface area (Å²) in [6.45, 7) is 7.21. The maximum absolute atomic E-state index is 12.1. The highest BCUT2D eigenvalue weighted by Crippen LogP contribution is 2.23. The Labute approximate surface area is 158 Å². The van der Waals surface area contributed by atoms with Gasteiger partial charge in [-0.3, -0.25) is 9.59 Å². The SMILES string of the molecule is CCN(CC)c1ccc(/C=N\NC(=O)c2ccc(NC(C)=O)cc2)c(O)c1. The molecule has 142 valence electrons. The largest absolute Gasteiger partial charge is 0.507 e. The number of hydrazone groups is 1. The Morgan fingerprint density at radius 3 is 2.33 bits per heavy atom. The van der Waals surface area contributed by atoms with Gasteiger partial charge in [-0.25, -0.2) is 5.43 Å². The van der Waals surface area contributed by atoms with Crippen molar-refractivity contribution < 1.29 is 14.7 Å². The fourth-order valence-corrected chi connectivity index (χ4v) is 2.56. The van der Waals surface area contributed by atoms with Gasteiger partial charge in [0.15, 0.2) is 0 Å². The van der Waals surface area contributed by atoms with Gasteiger partial charge in [-0.15, -0.1) is 0 Å². The van der Waals surface area contributed by atoms with Gasteiger partial charge in [-0.1, -0.05) is 0 Å². The zero-order chi connectivity index (χ0) is 19.8. The van der Waals surface area contributed by atoms with Crippen molar-refractivity contribution in [2.24, 2.45) is 5.10 Å². The van der Waals surface area contributed by atoms with Gasteiger partial charge in [0.25, 0.3) is 5.91 Å². The molecular formula is C20H24N4O3. The molecule has 0 fully saturated rings. The highest BCUT2D eigenvalue weighted by Gasteiger charge is 2.07. The predicted molar refractivity (Wildman–Crippen MR) is 107 cm³/mol. The third-order valence-corrected chi connectivity index (χ3v) is 3.98. The molecule has 7 heteroatoms. The summed E-state index contributed by atoms with van der Waals surface area (Å²) >= 11 is 0. The number of benzene rings is 2. The summed E-state index contributed by atoms with van der Waals surface area (Å²) < 4.78 is 0. The molecule has 0 atom stereocenters. The summed E-state index contributed by atoms with van der Waals surface area (Å²) in [6.07, 6.45) is 1.39. The van der Waals surface area contributed by atoms with E-state index in [1.165, 1.54) is 13.1 Å². The van der Waals surface area contributed by atoms with Crippen molar-refractivity contribution >= 4 is 29.4 Å². The number of nitrogens with one attached hydrogen (secondary N) is 2. The molecule has 0 heterocycles. The van der Waals surface area contributed by atoms with E-state index in [-0.39, 0.29) is 17.6 Å². The van der Waals surface area contributed by atoms with Crippen LogP contribution in [0.15, 0.2) is 47.6 Å². The fourth-order valence-electron chi connectivity index (χ4n) is 2.56. The Hall–Kier alpha value is -3.35. The molecule has 0 unspecified atom stereocenters. The maximum Gasteiger partial charge on any atom is 0.271 e. The molecule has 2 aromatic rings. The van der Waals surface area contributed by atoms with Gasteiger partial charge in [-0.05, 0) is 50.2 Å². The summed E-state index contributed by atoms with van der Waals surface area (Å²) in [6, 6.07) is 11.8. The monoisotopic (exact) mass is 368 g/mol. The van der Waals surface area contributed by atoms with Crippen LogP contribution in [-0.2, 0) is 4.79 Å². The van der Waals surface area contributed by atoms with Crippen LogP contribution < -0.4 is 15.6 Å². The lowest BCUT2D eigenvalue weighted by Gasteiger charge is -2.21. The average Bonchev–Trinajstić information content (AvgIpc) is 2.64. The van der Waals surface area contributed by atoms with Crippen molar-refractivity contribution in [3.63, 3.8) is 0 Å².